The first-order valence-electron chi connectivity index (χ1n) is 10.7. The van der Waals surface area contributed by atoms with Crippen molar-refractivity contribution in [2.45, 2.75) is 59.8 Å². The third-order valence-corrected chi connectivity index (χ3v) is 5.45. The van der Waals surface area contributed by atoms with Gasteiger partial charge in [0.2, 0.25) is 0 Å². The molecule has 0 aliphatic heterocycles. The predicted molar refractivity (Wildman–Crippen MR) is 124 cm³/mol. The molecule has 32 heavy (non-hydrogen) atoms. The Labute approximate surface area is 187 Å². The molecule has 0 atom stereocenters. The third kappa shape index (κ3) is 4.75. The molecule has 0 spiro atoms. The van der Waals surface area contributed by atoms with Crippen LogP contribution in [0, 0.1) is 13.8 Å². The average Bonchev–Trinajstić information content (AvgIpc) is 3.18. The van der Waals surface area contributed by atoms with Crippen molar-refractivity contribution in [3.8, 4) is 0 Å². The number of aromatic nitrogens is 6. The second kappa shape index (κ2) is 8.63. The molecule has 166 valence electrons. The van der Waals surface area contributed by atoms with Crippen molar-refractivity contribution in [3.05, 3.63) is 81.2 Å². The zero-order chi connectivity index (χ0) is 22.9. The van der Waals surface area contributed by atoms with E-state index in [1.165, 1.54) is 0 Å². The van der Waals surface area contributed by atoms with Gasteiger partial charge in [-0.15, -0.1) is 5.10 Å². The Morgan fingerprint density at radius 2 is 1.91 bits per heavy atom. The number of hydrogen-bond donors (Lipinski definition) is 1. The zero-order valence-corrected chi connectivity index (χ0v) is 19.3. The summed E-state index contributed by atoms with van der Waals surface area (Å²) in [6.07, 6.45) is 3.60. The predicted octanol–water partition coefficient (Wildman–Crippen LogP) is 3.48. The number of nitrogens with zero attached hydrogens (tertiary/aromatic N) is 6. The van der Waals surface area contributed by atoms with Crippen LogP contribution in [0.15, 0.2) is 47.5 Å². The van der Waals surface area contributed by atoms with E-state index in [0.717, 1.165) is 33.4 Å². The van der Waals surface area contributed by atoms with E-state index in [9.17, 15) is 4.79 Å². The van der Waals surface area contributed by atoms with Gasteiger partial charge < -0.3 is 4.98 Å². The first-order chi connectivity index (χ1) is 15.2. The molecule has 0 unspecified atom stereocenters. The molecule has 0 aliphatic carbocycles. The van der Waals surface area contributed by atoms with Crippen LogP contribution in [0.3, 0.4) is 0 Å². The summed E-state index contributed by atoms with van der Waals surface area (Å²) in [5.74, 6) is 0.755. The maximum atomic E-state index is 12.9. The highest BCUT2D eigenvalue weighted by Gasteiger charge is 2.22. The molecule has 3 aromatic heterocycles. The fourth-order valence-corrected chi connectivity index (χ4v) is 4.02. The molecule has 4 aromatic rings. The van der Waals surface area contributed by atoms with Crippen LogP contribution in [-0.2, 0) is 25.2 Å². The fraction of sp³-hybridized carbons (Fsp3) is 0.375. The summed E-state index contributed by atoms with van der Waals surface area (Å²) in [5.41, 5.74) is 4.60. The maximum absolute atomic E-state index is 12.9. The molecular weight excluding hydrogens is 402 g/mol. The molecule has 4 rings (SSSR count). The summed E-state index contributed by atoms with van der Waals surface area (Å²) in [5, 5.41) is 13.4. The number of aryl methyl sites for hydroxylation is 2. The lowest BCUT2D eigenvalue weighted by Crippen LogP contribution is -2.31. The van der Waals surface area contributed by atoms with Crippen molar-refractivity contribution in [2.24, 2.45) is 0 Å². The fourth-order valence-electron chi connectivity index (χ4n) is 4.02. The number of aromatic amines is 1. The summed E-state index contributed by atoms with van der Waals surface area (Å²) >= 11 is 0. The van der Waals surface area contributed by atoms with E-state index in [1.54, 1.807) is 6.20 Å². The number of benzene rings is 1. The van der Waals surface area contributed by atoms with E-state index in [1.807, 2.05) is 42.1 Å². The Kier molecular flexibility index (Phi) is 5.88. The van der Waals surface area contributed by atoms with E-state index >= 15 is 0 Å². The van der Waals surface area contributed by atoms with Crippen LogP contribution in [0.5, 0.6) is 0 Å². The highest BCUT2D eigenvalue weighted by molar-refractivity contribution is 5.83. The van der Waals surface area contributed by atoms with Crippen molar-refractivity contribution in [2.75, 3.05) is 0 Å². The quantitative estimate of drug-likeness (QED) is 0.502. The van der Waals surface area contributed by atoms with Gasteiger partial charge in [0.15, 0.2) is 5.82 Å². The Hall–Kier alpha value is -3.39. The smallest absolute Gasteiger partial charge is 0.252 e. The van der Waals surface area contributed by atoms with Crippen LogP contribution in [0.1, 0.15) is 48.8 Å². The normalized spacial score (nSPS) is 12.1. The molecule has 0 aliphatic rings. The Balaban J connectivity index is 1.70. The summed E-state index contributed by atoms with van der Waals surface area (Å²) < 4.78 is 1.83. The van der Waals surface area contributed by atoms with Crippen LogP contribution in [-0.4, -0.2) is 35.1 Å². The topological polar surface area (TPSA) is 92.6 Å². The minimum atomic E-state index is -0.242. The average molecular weight is 432 g/mol. The summed E-state index contributed by atoms with van der Waals surface area (Å²) in [7, 11) is 0. The summed E-state index contributed by atoms with van der Waals surface area (Å²) in [6, 6.07) is 10.1. The molecule has 0 fully saturated rings. The van der Waals surface area contributed by atoms with Crippen molar-refractivity contribution in [1.82, 2.24) is 35.1 Å². The second-order valence-corrected chi connectivity index (χ2v) is 9.35. The maximum Gasteiger partial charge on any atom is 0.252 e. The van der Waals surface area contributed by atoms with E-state index in [4.69, 9.17) is 0 Å². The number of pyridine rings is 2. The Bertz CT molecular complexity index is 1290. The van der Waals surface area contributed by atoms with Crippen LogP contribution < -0.4 is 5.56 Å². The first-order valence-corrected chi connectivity index (χ1v) is 10.7. The lowest BCUT2D eigenvalue weighted by molar-refractivity contribution is 0.223. The Morgan fingerprint density at radius 3 is 2.62 bits per heavy atom. The second-order valence-electron chi connectivity index (χ2n) is 9.35. The van der Waals surface area contributed by atoms with Crippen molar-refractivity contribution >= 4 is 10.9 Å². The van der Waals surface area contributed by atoms with Crippen LogP contribution in [0.25, 0.3) is 10.9 Å². The van der Waals surface area contributed by atoms with E-state index in [2.05, 4.69) is 64.2 Å². The number of H-pyrrole nitrogens is 1. The number of hydrogen-bond acceptors (Lipinski definition) is 6. The van der Waals surface area contributed by atoms with Gasteiger partial charge in [-0.3, -0.25) is 14.7 Å². The standard InChI is InChI=1S/C24H29N7O/c1-16-9-17(2)20-11-19(23(32)26-21(20)10-16)14-30(13-18-7-6-8-25-12-18)15-22-27-28-29-31(22)24(3,4)5/h6-12H,13-15H2,1-5H3,(H,26,32). The largest absolute Gasteiger partial charge is 0.322 e. The summed E-state index contributed by atoms with van der Waals surface area (Å²) in [4.78, 5) is 22.4. The highest BCUT2D eigenvalue weighted by atomic mass is 16.1. The van der Waals surface area contributed by atoms with Gasteiger partial charge in [-0.25, -0.2) is 4.68 Å². The molecule has 0 bridgehead atoms. The van der Waals surface area contributed by atoms with E-state index < -0.39 is 0 Å². The van der Waals surface area contributed by atoms with Crippen molar-refractivity contribution < 1.29 is 0 Å². The number of rotatable bonds is 6. The molecule has 3 heterocycles. The number of fused-ring (bicyclic) bond motifs is 1. The van der Waals surface area contributed by atoms with E-state index in [-0.39, 0.29) is 11.1 Å². The van der Waals surface area contributed by atoms with Gasteiger partial charge in [-0.2, -0.15) is 0 Å². The zero-order valence-electron chi connectivity index (χ0n) is 19.3. The minimum absolute atomic E-state index is 0.0749. The van der Waals surface area contributed by atoms with Gasteiger partial charge >= 0.3 is 0 Å². The SMILES string of the molecule is Cc1cc(C)c2cc(CN(Cc3cccnc3)Cc3nnnn3C(C)(C)C)c(=O)[nH]c2c1. The summed E-state index contributed by atoms with van der Waals surface area (Å²) in [6.45, 7) is 11.9. The highest BCUT2D eigenvalue weighted by Crippen LogP contribution is 2.21. The molecule has 1 N–H and O–H groups in total. The molecule has 0 radical (unpaired) electrons. The third-order valence-electron chi connectivity index (χ3n) is 5.45. The molecule has 0 amide bonds. The minimum Gasteiger partial charge on any atom is -0.322 e. The molecular formula is C24H29N7O. The van der Waals surface area contributed by atoms with Gasteiger partial charge in [0.05, 0.1) is 12.1 Å². The van der Waals surface area contributed by atoms with Crippen LogP contribution in [0.4, 0.5) is 0 Å². The lowest BCUT2D eigenvalue weighted by atomic mass is 10.0. The lowest BCUT2D eigenvalue weighted by Gasteiger charge is -2.25. The van der Waals surface area contributed by atoms with Crippen LogP contribution in [0.2, 0.25) is 0 Å². The first kappa shape index (κ1) is 21.8. The Morgan fingerprint density at radius 1 is 1.09 bits per heavy atom. The van der Waals surface area contributed by atoms with Gasteiger partial charge in [-0.05, 0) is 79.9 Å². The molecule has 1 aromatic carbocycles. The van der Waals surface area contributed by atoms with Gasteiger partial charge in [0.1, 0.15) is 0 Å². The molecule has 0 saturated heterocycles. The van der Waals surface area contributed by atoms with Gasteiger partial charge in [0.25, 0.3) is 5.56 Å². The number of tetrazole rings is 1. The van der Waals surface area contributed by atoms with E-state index in [0.29, 0.717) is 25.2 Å². The molecule has 8 nitrogen and oxygen atoms in total. The van der Waals surface area contributed by atoms with Crippen molar-refractivity contribution in [3.63, 3.8) is 0 Å². The van der Waals surface area contributed by atoms with Gasteiger partial charge in [0, 0.05) is 41.9 Å². The molecule has 8 heteroatoms. The monoisotopic (exact) mass is 431 g/mol. The van der Waals surface area contributed by atoms with Gasteiger partial charge in [-0.1, -0.05) is 12.1 Å². The van der Waals surface area contributed by atoms with Crippen molar-refractivity contribution in [1.29, 1.82) is 0 Å². The van der Waals surface area contributed by atoms with Crippen LogP contribution >= 0.6 is 0 Å². The molecule has 0 saturated carbocycles. The number of nitrogens with one attached hydrogen (secondary N) is 1.